The largest absolute Gasteiger partial charge is 0.494 e. The number of ether oxygens (including phenoxy) is 1. The zero-order chi connectivity index (χ0) is 37.8. The summed E-state index contributed by atoms with van der Waals surface area (Å²) in [5.41, 5.74) is 8.58. The average Bonchev–Trinajstić information content (AvgIpc) is 3.68. The molecule has 9 nitrogen and oxygen atoms in total. The molecule has 0 saturated heterocycles. The van der Waals surface area contributed by atoms with Crippen LogP contribution in [-0.2, 0) is 20.5 Å². The molecule has 6 rings (SSSR count). The summed E-state index contributed by atoms with van der Waals surface area (Å²) < 4.78 is 26.5. The van der Waals surface area contributed by atoms with Gasteiger partial charge in [-0.15, -0.1) is 0 Å². The lowest BCUT2D eigenvalue weighted by Gasteiger charge is -2.26. The first-order valence-electron chi connectivity index (χ1n) is 17.1. The van der Waals surface area contributed by atoms with E-state index >= 15 is 0 Å². The Morgan fingerprint density at radius 2 is 1.75 bits per heavy atom. The Morgan fingerprint density at radius 1 is 1.06 bits per heavy atom. The minimum atomic E-state index is -1.33. The number of likely N-dealkylation sites (N-methyl/N-ethyl adjacent to an activating group) is 1. The number of anilines is 1. The average molecular weight is 747 g/mol. The quantitative estimate of drug-likeness (QED) is 0.0991. The molecule has 0 spiro atoms. The highest BCUT2D eigenvalue weighted by atomic mass is 35.5. The van der Waals surface area contributed by atoms with Gasteiger partial charge in [0.05, 0.1) is 45.3 Å². The van der Waals surface area contributed by atoms with E-state index in [0.29, 0.717) is 47.6 Å². The fourth-order valence-electron chi connectivity index (χ4n) is 7.54. The molecule has 12 heteroatoms. The van der Waals surface area contributed by atoms with E-state index in [-0.39, 0.29) is 6.04 Å². The van der Waals surface area contributed by atoms with Crippen LogP contribution in [0.3, 0.4) is 0 Å². The van der Waals surface area contributed by atoms with Gasteiger partial charge < -0.3 is 23.9 Å². The van der Waals surface area contributed by atoms with Crippen LogP contribution in [0.4, 0.5) is 10.1 Å². The fourth-order valence-corrected chi connectivity index (χ4v) is 7.90. The molecule has 0 aliphatic carbocycles. The summed E-state index contributed by atoms with van der Waals surface area (Å²) in [6, 6.07) is 10.1. The van der Waals surface area contributed by atoms with Crippen LogP contribution in [0.5, 0.6) is 5.75 Å². The molecule has 0 unspecified atom stereocenters. The predicted octanol–water partition coefficient (Wildman–Crippen LogP) is 9.43. The van der Waals surface area contributed by atoms with Crippen LogP contribution in [0, 0.1) is 33.5 Å². The molecule has 0 aliphatic heterocycles. The summed E-state index contributed by atoms with van der Waals surface area (Å²) in [5, 5.41) is 17.1. The van der Waals surface area contributed by atoms with Gasteiger partial charge in [-0.1, -0.05) is 29.3 Å². The number of carboxylic acid groups (broad SMARTS) is 1. The van der Waals surface area contributed by atoms with E-state index in [1.54, 1.807) is 11.6 Å². The van der Waals surface area contributed by atoms with Crippen LogP contribution < -0.4 is 9.64 Å². The Morgan fingerprint density at radius 3 is 2.37 bits per heavy atom. The highest BCUT2D eigenvalue weighted by Gasteiger charge is 2.28. The molecular formula is C40H42Cl2FN5O4. The molecule has 0 fully saturated rings. The van der Waals surface area contributed by atoms with Gasteiger partial charge in [0, 0.05) is 72.5 Å². The Labute approximate surface area is 312 Å². The van der Waals surface area contributed by atoms with Crippen LogP contribution in [0.2, 0.25) is 10.0 Å². The second kappa shape index (κ2) is 14.3. The maximum absolute atomic E-state index is 14.7. The molecular weight excluding hydrogens is 704 g/mol. The number of hydrogen-bond acceptors (Lipinski definition) is 5. The topological polar surface area (TPSA) is 94.5 Å². The van der Waals surface area contributed by atoms with Crippen molar-refractivity contribution in [2.75, 3.05) is 25.1 Å². The van der Waals surface area contributed by atoms with Gasteiger partial charge in [-0.25, -0.2) is 9.18 Å². The summed E-state index contributed by atoms with van der Waals surface area (Å²) >= 11 is 13.4. The molecule has 52 heavy (non-hydrogen) atoms. The van der Waals surface area contributed by atoms with Crippen molar-refractivity contribution in [1.29, 1.82) is 0 Å². The Balaban J connectivity index is 1.44. The van der Waals surface area contributed by atoms with Gasteiger partial charge in [0.2, 0.25) is 0 Å². The molecule has 1 N–H and O–H groups in total. The van der Waals surface area contributed by atoms with Crippen LogP contribution >= 0.6 is 23.2 Å². The maximum atomic E-state index is 14.7. The van der Waals surface area contributed by atoms with Gasteiger partial charge in [0.15, 0.2) is 6.29 Å². The highest BCUT2D eigenvalue weighted by molar-refractivity contribution is 6.35. The highest BCUT2D eigenvalue weighted by Crippen LogP contribution is 2.43. The second-order valence-corrected chi connectivity index (χ2v) is 14.5. The predicted molar refractivity (Wildman–Crippen MR) is 207 cm³/mol. The van der Waals surface area contributed by atoms with Gasteiger partial charge >= 0.3 is 5.97 Å². The number of aromatic carboxylic acids is 1. The van der Waals surface area contributed by atoms with Crippen LogP contribution in [0.15, 0.2) is 42.6 Å². The van der Waals surface area contributed by atoms with Crippen molar-refractivity contribution >= 4 is 63.0 Å². The number of nitrogens with zero attached hydrogens (tertiary/aromatic N) is 5. The second-order valence-electron chi connectivity index (χ2n) is 13.7. The van der Waals surface area contributed by atoms with Crippen molar-refractivity contribution in [2.45, 2.75) is 53.5 Å². The zero-order valence-electron chi connectivity index (χ0n) is 30.6. The number of benzene rings is 3. The number of carboxylic acids is 1. The van der Waals surface area contributed by atoms with Crippen molar-refractivity contribution in [3.05, 3.63) is 97.8 Å². The van der Waals surface area contributed by atoms with Crippen molar-refractivity contribution in [1.82, 2.24) is 18.9 Å². The summed E-state index contributed by atoms with van der Waals surface area (Å²) in [6.07, 6.45) is 4.00. The lowest BCUT2D eigenvalue weighted by Crippen LogP contribution is -2.27. The van der Waals surface area contributed by atoms with Gasteiger partial charge in [-0.3, -0.25) is 9.48 Å². The van der Waals surface area contributed by atoms with E-state index in [0.717, 1.165) is 72.9 Å². The number of aryl methyl sites for hydroxylation is 6. The van der Waals surface area contributed by atoms with Crippen LogP contribution in [0.1, 0.15) is 68.3 Å². The number of halogens is 3. The summed E-state index contributed by atoms with van der Waals surface area (Å²) in [4.78, 5) is 27.0. The molecule has 3 aromatic carbocycles. The minimum absolute atomic E-state index is 0.276. The standard InChI is InChI=1S/C40H42Cl2FN5O4/c1-21-14-26(15-22(2)38(21)42)52-13-9-10-27-28-11-12-31(41)37(36-24(4)44-47(8)25(36)5)39(28)48(35(27)20-49)23(3)18-45(6)34-19-46(7)33-17-32(43)29(40(50)51)16-30(33)34/h11-12,14-17,19-20,23H,9-10,13,18H2,1-8H3,(H,50,51)/t23-/m1/s1. The fraction of sp³-hybridized carbons (Fsp3) is 0.325. The van der Waals surface area contributed by atoms with Crippen molar-refractivity contribution < 1.29 is 23.8 Å². The number of aromatic nitrogens is 4. The number of carbonyl (C=O) groups is 2. The molecule has 0 amide bonds. The third kappa shape index (κ3) is 6.43. The lowest BCUT2D eigenvalue weighted by atomic mass is 9.98. The van der Waals surface area contributed by atoms with Gasteiger partial charge in [0.25, 0.3) is 0 Å². The molecule has 1 atom stereocenters. The Kier molecular flexibility index (Phi) is 10.2. The van der Waals surface area contributed by atoms with Crippen molar-refractivity contribution in [2.24, 2.45) is 14.1 Å². The number of hydrogen-bond donors (Lipinski definition) is 1. The first kappa shape index (κ1) is 37.0. The van der Waals surface area contributed by atoms with Gasteiger partial charge in [-0.05, 0) is 94.5 Å². The van der Waals surface area contributed by atoms with Crippen molar-refractivity contribution in [3.8, 4) is 16.9 Å². The molecule has 0 saturated carbocycles. The summed E-state index contributed by atoms with van der Waals surface area (Å²) in [6.45, 7) is 10.8. The van der Waals surface area contributed by atoms with Gasteiger partial charge in [0.1, 0.15) is 11.6 Å². The number of rotatable bonds is 12. The molecule has 0 radical (unpaired) electrons. The van der Waals surface area contributed by atoms with Crippen LogP contribution in [0.25, 0.3) is 32.9 Å². The van der Waals surface area contributed by atoms with E-state index in [9.17, 15) is 19.1 Å². The smallest absolute Gasteiger partial charge is 0.338 e. The summed E-state index contributed by atoms with van der Waals surface area (Å²) in [5.74, 6) is -1.38. The van der Waals surface area contributed by atoms with Crippen LogP contribution in [-0.4, -0.2) is 56.5 Å². The summed E-state index contributed by atoms with van der Waals surface area (Å²) in [7, 11) is 5.60. The molecule has 0 aliphatic rings. The first-order chi connectivity index (χ1) is 24.6. The minimum Gasteiger partial charge on any atom is -0.494 e. The first-order valence-corrected chi connectivity index (χ1v) is 17.8. The number of fused-ring (bicyclic) bond motifs is 2. The number of aldehydes is 1. The maximum Gasteiger partial charge on any atom is 0.338 e. The lowest BCUT2D eigenvalue weighted by molar-refractivity contribution is 0.0692. The van der Waals surface area contributed by atoms with Gasteiger partial charge in [-0.2, -0.15) is 5.10 Å². The monoisotopic (exact) mass is 745 g/mol. The number of carbonyl (C=O) groups excluding carboxylic acids is 1. The molecule has 272 valence electrons. The van der Waals surface area contributed by atoms with E-state index in [1.807, 2.05) is 88.8 Å². The Bertz CT molecular complexity index is 2370. The molecule has 6 aromatic rings. The Hall–Kier alpha value is -4.80. The molecule has 3 heterocycles. The van der Waals surface area contributed by atoms with E-state index in [4.69, 9.17) is 27.9 Å². The van der Waals surface area contributed by atoms with E-state index in [1.165, 1.54) is 12.1 Å². The van der Waals surface area contributed by atoms with Crippen molar-refractivity contribution in [3.63, 3.8) is 0 Å². The SMILES string of the molecule is Cc1cc(OCCCc2c(C=O)n([C@H](C)CN(C)c3cn(C)c4cc(F)c(C(=O)O)cc34)c3c(-c4c(C)nn(C)c4C)c(Cl)ccc23)cc(C)c1Cl. The molecule has 3 aromatic heterocycles. The third-order valence-corrected chi connectivity index (χ3v) is 11.0. The van der Waals surface area contributed by atoms with E-state index < -0.39 is 17.3 Å². The zero-order valence-corrected chi connectivity index (χ0v) is 32.1. The molecule has 0 bridgehead atoms. The third-order valence-electron chi connectivity index (χ3n) is 10.1. The normalized spacial score (nSPS) is 12.2. The van der Waals surface area contributed by atoms with E-state index in [2.05, 4.69) is 9.67 Å².